The SMILES string of the molecule is O=C1N2[C@@H](CC[C@H]2c2cc(F)cc(F)c2)OC12CCN(c1ccnc(C(F)F)n1)CC2. The van der Waals surface area contributed by atoms with E-state index in [1.54, 1.807) is 11.0 Å². The number of fused-ring (bicyclic) bond motifs is 1. The smallest absolute Gasteiger partial charge is 0.297 e. The molecule has 6 nitrogen and oxygen atoms in total. The molecular formula is C21H20F4N4O2. The Morgan fingerprint density at radius 2 is 1.81 bits per heavy atom. The topological polar surface area (TPSA) is 58.6 Å². The van der Waals surface area contributed by atoms with Gasteiger partial charge in [0.2, 0.25) is 0 Å². The maximum absolute atomic E-state index is 13.7. The first-order valence-electron chi connectivity index (χ1n) is 10.2. The predicted molar refractivity (Wildman–Crippen MR) is 101 cm³/mol. The van der Waals surface area contributed by atoms with E-state index in [1.165, 1.54) is 18.3 Å². The van der Waals surface area contributed by atoms with Crippen molar-refractivity contribution >= 4 is 11.7 Å². The first kappa shape index (κ1) is 20.2. The molecule has 1 aromatic carbocycles. The summed E-state index contributed by atoms with van der Waals surface area (Å²) in [7, 11) is 0. The van der Waals surface area contributed by atoms with Crippen LogP contribution in [0.3, 0.4) is 0 Å². The number of rotatable bonds is 3. The number of hydrogen-bond acceptors (Lipinski definition) is 5. The summed E-state index contributed by atoms with van der Waals surface area (Å²) >= 11 is 0. The lowest BCUT2D eigenvalue weighted by Crippen LogP contribution is -2.50. The van der Waals surface area contributed by atoms with Crippen LogP contribution in [-0.4, -0.2) is 45.7 Å². The van der Waals surface area contributed by atoms with Gasteiger partial charge < -0.3 is 14.5 Å². The van der Waals surface area contributed by atoms with Crippen molar-refractivity contribution in [2.75, 3.05) is 18.0 Å². The van der Waals surface area contributed by atoms with Crippen molar-refractivity contribution < 1.29 is 27.1 Å². The van der Waals surface area contributed by atoms with Crippen molar-refractivity contribution in [3.05, 3.63) is 53.5 Å². The number of amides is 1. The summed E-state index contributed by atoms with van der Waals surface area (Å²) in [5.41, 5.74) is -0.587. The van der Waals surface area contributed by atoms with E-state index in [-0.39, 0.29) is 5.91 Å². The minimum atomic E-state index is -2.76. The van der Waals surface area contributed by atoms with Crippen molar-refractivity contribution in [1.82, 2.24) is 14.9 Å². The number of halogens is 4. The van der Waals surface area contributed by atoms with E-state index in [9.17, 15) is 22.4 Å². The Balaban J connectivity index is 1.33. The molecule has 5 rings (SSSR count). The third kappa shape index (κ3) is 3.42. The summed E-state index contributed by atoms with van der Waals surface area (Å²) in [6.07, 6.45) is 0.00781. The van der Waals surface area contributed by atoms with Gasteiger partial charge in [-0.05, 0) is 36.6 Å². The molecule has 10 heteroatoms. The van der Waals surface area contributed by atoms with Crippen LogP contribution >= 0.6 is 0 Å². The summed E-state index contributed by atoms with van der Waals surface area (Å²) in [4.78, 5) is 24.3. The molecule has 3 aliphatic rings. The number of piperidine rings is 1. The zero-order valence-corrected chi connectivity index (χ0v) is 16.5. The maximum atomic E-state index is 13.7. The Morgan fingerprint density at radius 1 is 1.10 bits per heavy atom. The first-order chi connectivity index (χ1) is 14.9. The molecule has 1 spiro atoms. The van der Waals surface area contributed by atoms with Crippen molar-refractivity contribution in [3.63, 3.8) is 0 Å². The van der Waals surface area contributed by atoms with Gasteiger partial charge in [-0.15, -0.1) is 0 Å². The van der Waals surface area contributed by atoms with E-state index in [1.807, 2.05) is 4.90 Å². The van der Waals surface area contributed by atoms with Gasteiger partial charge in [0.05, 0.1) is 6.04 Å². The minimum absolute atomic E-state index is 0.180. The van der Waals surface area contributed by atoms with Crippen molar-refractivity contribution in [2.45, 2.75) is 50.0 Å². The van der Waals surface area contributed by atoms with Crippen LogP contribution < -0.4 is 4.90 Å². The maximum Gasteiger partial charge on any atom is 0.297 e. The van der Waals surface area contributed by atoms with Gasteiger partial charge in [0, 0.05) is 38.2 Å². The van der Waals surface area contributed by atoms with Gasteiger partial charge in [0.25, 0.3) is 12.3 Å². The Hall–Kier alpha value is -2.75. The van der Waals surface area contributed by atoms with Crippen LogP contribution in [0.2, 0.25) is 0 Å². The molecule has 2 aromatic rings. The van der Waals surface area contributed by atoms with Crippen LogP contribution in [0.4, 0.5) is 23.4 Å². The summed E-state index contributed by atoms with van der Waals surface area (Å²) in [6, 6.07) is 4.45. The average Bonchev–Trinajstić information content (AvgIpc) is 3.26. The first-order valence-corrected chi connectivity index (χ1v) is 10.2. The third-order valence-corrected chi connectivity index (χ3v) is 6.34. The highest BCUT2D eigenvalue weighted by Gasteiger charge is 2.58. The van der Waals surface area contributed by atoms with Crippen LogP contribution in [0.1, 0.15) is 49.5 Å². The normalized spacial score (nSPS) is 25.0. The average molecular weight is 436 g/mol. The highest BCUT2D eigenvalue weighted by molar-refractivity contribution is 5.88. The number of hydrogen-bond donors (Lipinski definition) is 0. The molecule has 3 saturated heterocycles. The molecule has 0 unspecified atom stereocenters. The molecule has 3 fully saturated rings. The molecule has 1 amide bonds. The van der Waals surface area contributed by atoms with E-state index in [4.69, 9.17) is 4.74 Å². The van der Waals surface area contributed by atoms with Crippen molar-refractivity contribution in [3.8, 4) is 0 Å². The Bertz CT molecular complexity index is 992. The van der Waals surface area contributed by atoms with Gasteiger partial charge in [-0.3, -0.25) is 4.79 Å². The van der Waals surface area contributed by atoms with Crippen LogP contribution in [0.5, 0.6) is 0 Å². The lowest BCUT2D eigenvalue weighted by atomic mass is 9.89. The highest BCUT2D eigenvalue weighted by Crippen LogP contribution is 2.48. The second-order valence-electron chi connectivity index (χ2n) is 8.14. The third-order valence-electron chi connectivity index (χ3n) is 6.34. The number of anilines is 1. The van der Waals surface area contributed by atoms with E-state index in [0.29, 0.717) is 50.2 Å². The second kappa shape index (κ2) is 7.44. The molecule has 2 atom stereocenters. The summed E-state index contributed by atoms with van der Waals surface area (Å²) in [5, 5.41) is 0. The molecular weight excluding hydrogens is 416 g/mol. The zero-order valence-electron chi connectivity index (χ0n) is 16.5. The van der Waals surface area contributed by atoms with Crippen LogP contribution in [0, 0.1) is 11.6 Å². The van der Waals surface area contributed by atoms with Crippen LogP contribution in [-0.2, 0) is 9.53 Å². The Labute approximate surface area is 175 Å². The van der Waals surface area contributed by atoms with Crippen LogP contribution in [0.15, 0.2) is 30.5 Å². The molecule has 164 valence electrons. The van der Waals surface area contributed by atoms with E-state index < -0.39 is 41.8 Å². The number of nitrogens with zero attached hydrogens (tertiary/aromatic N) is 4. The fraction of sp³-hybridized carbons (Fsp3) is 0.476. The molecule has 1 aromatic heterocycles. The number of benzene rings is 1. The van der Waals surface area contributed by atoms with Gasteiger partial charge in [-0.1, -0.05) is 0 Å². The fourth-order valence-electron chi connectivity index (χ4n) is 4.88. The zero-order chi connectivity index (χ0) is 21.8. The number of ether oxygens (including phenoxy) is 1. The van der Waals surface area contributed by atoms with Gasteiger partial charge in [0.15, 0.2) is 11.4 Å². The van der Waals surface area contributed by atoms with Crippen molar-refractivity contribution in [2.24, 2.45) is 0 Å². The molecule has 31 heavy (non-hydrogen) atoms. The lowest BCUT2D eigenvalue weighted by molar-refractivity contribution is -0.140. The van der Waals surface area contributed by atoms with Gasteiger partial charge in [-0.2, -0.15) is 0 Å². The Kier molecular flexibility index (Phi) is 4.84. The molecule has 4 heterocycles. The van der Waals surface area contributed by atoms with E-state index in [2.05, 4.69) is 9.97 Å². The molecule has 0 aliphatic carbocycles. The number of alkyl halides is 2. The van der Waals surface area contributed by atoms with Crippen molar-refractivity contribution in [1.29, 1.82) is 0 Å². The van der Waals surface area contributed by atoms with E-state index in [0.717, 1.165) is 6.07 Å². The van der Waals surface area contributed by atoms with Gasteiger partial charge >= 0.3 is 0 Å². The monoisotopic (exact) mass is 436 g/mol. The standard InChI is InChI=1S/C21H20F4N4O2/c22-13-9-12(10-14(23)11-13)15-1-2-17-29(15)20(30)21(31-17)4-7-28(8-5-21)16-3-6-26-19(27-16)18(24)25/h3,6,9-11,15,17-18H,1-2,4-5,7-8H2/t15-,17+/m0/s1. The van der Waals surface area contributed by atoms with Gasteiger partial charge in [-0.25, -0.2) is 27.5 Å². The second-order valence-corrected chi connectivity index (χ2v) is 8.14. The molecule has 0 saturated carbocycles. The quantitative estimate of drug-likeness (QED) is 0.686. The minimum Gasteiger partial charge on any atom is -0.356 e. The largest absolute Gasteiger partial charge is 0.356 e. The molecule has 3 aliphatic heterocycles. The van der Waals surface area contributed by atoms with Gasteiger partial charge in [0.1, 0.15) is 23.7 Å². The van der Waals surface area contributed by atoms with E-state index >= 15 is 0 Å². The number of aromatic nitrogens is 2. The Morgan fingerprint density at radius 3 is 2.48 bits per heavy atom. The summed E-state index contributed by atoms with van der Waals surface area (Å²) in [5.74, 6) is -1.68. The van der Waals surface area contributed by atoms with Crippen LogP contribution in [0.25, 0.3) is 0 Å². The fourth-order valence-corrected chi connectivity index (χ4v) is 4.88. The summed E-state index contributed by atoms with van der Waals surface area (Å²) < 4.78 is 59.4. The number of carbonyl (C=O) groups is 1. The lowest BCUT2D eigenvalue weighted by Gasteiger charge is -2.38. The number of carbonyl (C=O) groups excluding carboxylic acids is 1. The molecule has 0 N–H and O–H groups in total. The summed E-state index contributed by atoms with van der Waals surface area (Å²) in [6.45, 7) is 0.816. The molecule has 0 radical (unpaired) electrons. The molecule has 0 bridgehead atoms. The highest BCUT2D eigenvalue weighted by atomic mass is 19.3. The predicted octanol–water partition coefficient (Wildman–Crippen LogP) is 3.75.